The first-order chi connectivity index (χ1) is 12.3. The maximum absolute atomic E-state index is 12.7. The summed E-state index contributed by atoms with van der Waals surface area (Å²) in [5.41, 5.74) is 7.19. The molecule has 8 nitrogen and oxygen atoms in total. The number of hydrogen-bond acceptors (Lipinski definition) is 5. The first-order valence-corrected chi connectivity index (χ1v) is 8.55. The van der Waals surface area contributed by atoms with Crippen LogP contribution < -0.4 is 11.1 Å². The summed E-state index contributed by atoms with van der Waals surface area (Å²) in [6.45, 7) is 4.38. The van der Waals surface area contributed by atoms with Crippen LogP contribution in [-0.4, -0.2) is 58.1 Å². The number of hydrogen-bond donors (Lipinski definition) is 2. The molecule has 2 aromatic heterocycles. The molecule has 0 radical (unpaired) electrons. The van der Waals surface area contributed by atoms with Crippen molar-refractivity contribution in [3.8, 4) is 0 Å². The summed E-state index contributed by atoms with van der Waals surface area (Å²) in [5, 5.41) is 2.88. The molecule has 0 aromatic carbocycles. The van der Waals surface area contributed by atoms with Crippen LogP contribution in [0.2, 0.25) is 0 Å². The molecule has 0 aliphatic carbocycles. The fourth-order valence-corrected chi connectivity index (χ4v) is 3.14. The Morgan fingerprint density at radius 3 is 2.92 bits per heavy atom. The lowest BCUT2D eigenvalue weighted by Gasteiger charge is -2.31. The molecular weight excluding hydrogens is 332 g/mol. The highest BCUT2D eigenvalue weighted by atomic mass is 16.2. The Kier molecular flexibility index (Phi) is 4.78. The Bertz CT molecular complexity index is 856. The second-order valence-corrected chi connectivity index (χ2v) is 7.17. The number of rotatable bonds is 5. The Morgan fingerprint density at radius 1 is 1.50 bits per heavy atom. The smallest absolute Gasteiger partial charge is 0.252 e. The zero-order valence-electron chi connectivity index (χ0n) is 15.2. The van der Waals surface area contributed by atoms with Crippen LogP contribution in [0.4, 0.5) is 0 Å². The third-order valence-corrected chi connectivity index (χ3v) is 4.83. The highest BCUT2D eigenvalue weighted by molar-refractivity contribution is 5.97. The molecule has 3 N–H and O–H groups in total. The van der Waals surface area contributed by atoms with E-state index in [1.807, 2.05) is 18.2 Å². The van der Waals surface area contributed by atoms with Gasteiger partial charge >= 0.3 is 0 Å². The van der Waals surface area contributed by atoms with Crippen molar-refractivity contribution in [3.63, 3.8) is 0 Å². The molecule has 0 bridgehead atoms. The van der Waals surface area contributed by atoms with Crippen LogP contribution in [0.1, 0.15) is 30.6 Å². The van der Waals surface area contributed by atoms with E-state index in [1.165, 1.54) is 0 Å². The van der Waals surface area contributed by atoms with Gasteiger partial charge in [0.15, 0.2) is 0 Å². The predicted octanol–water partition coefficient (Wildman–Crippen LogP) is 0.677. The van der Waals surface area contributed by atoms with Gasteiger partial charge in [0.2, 0.25) is 5.91 Å². The van der Waals surface area contributed by atoms with Gasteiger partial charge in [-0.15, -0.1) is 0 Å². The summed E-state index contributed by atoms with van der Waals surface area (Å²) in [5.74, 6) is -0.283. The number of carbonyl (C=O) groups is 2. The molecule has 2 atom stereocenters. The molecule has 2 amide bonds. The zero-order chi connectivity index (χ0) is 18.9. The molecule has 26 heavy (non-hydrogen) atoms. The van der Waals surface area contributed by atoms with E-state index in [0.717, 1.165) is 11.9 Å². The largest absolute Gasteiger partial charge is 0.341 e. The molecule has 2 unspecified atom stereocenters. The zero-order valence-corrected chi connectivity index (χ0v) is 15.2. The number of aliphatic imine (C=N–C) groups is 1. The lowest BCUT2D eigenvalue weighted by molar-refractivity contribution is -0.136. The number of fused-ring (bicyclic) bond motifs is 1. The van der Waals surface area contributed by atoms with Gasteiger partial charge in [0, 0.05) is 37.0 Å². The summed E-state index contributed by atoms with van der Waals surface area (Å²) >= 11 is 0. The molecule has 1 aliphatic heterocycles. The second-order valence-electron chi connectivity index (χ2n) is 7.17. The summed E-state index contributed by atoms with van der Waals surface area (Å²) in [6, 6.07) is 2.88. The van der Waals surface area contributed by atoms with Crippen molar-refractivity contribution in [1.29, 1.82) is 0 Å². The molecule has 3 heterocycles. The van der Waals surface area contributed by atoms with Gasteiger partial charge in [0.05, 0.1) is 24.1 Å². The topological polar surface area (TPSA) is 105 Å². The van der Waals surface area contributed by atoms with E-state index in [1.54, 1.807) is 49.0 Å². The van der Waals surface area contributed by atoms with Crippen molar-refractivity contribution in [2.75, 3.05) is 13.6 Å². The van der Waals surface area contributed by atoms with E-state index in [-0.39, 0.29) is 11.8 Å². The van der Waals surface area contributed by atoms with Crippen LogP contribution in [0, 0.1) is 5.41 Å². The van der Waals surface area contributed by atoms with Gasteiger partial charge in [-0.1, -0.05) is 13.8 Å². The van der Waals surface area contributed by atoms with Crippen molar-refractivity contribution < 1.29 is 9.59 Å². The van der Waals surface area contributed by atoms with Crippen LogP contribution in [-0.2, 0) is 4.79 Å². The number of aromatic nitrogens is 2. The Hall–Kier alpha value is -2.74. The average Bonchev–Trinajstić information content (AvgIpc) is 3.18. The molecule has 2 aromatic rings. The van der Waals surface area contributed by atoms with Gasteiger partial charge in [-0.25, -0.2) is 4.98 Å². The standard InChI is InChI=1S/C18H24N6O2/c1-18(2)5-7-24(17(18)26)15(19)14(10-20-3)22-16(25)12-4-6-23-11-21-9-13(23)8-12/h4,6,8-11,14-15H,5,7,19H2,1-3H3,(H,22,25). The lowest BCUT2D eigenvalue weighted by atomic mass is 9.92. The number of nitrogens with zero attached hydrogens (tertiary/aromatic N) is 4. The SMILES string of the molecule is CN=CC(NC(=O)c1ccn2cncc2c1)C(N)N1CCC(C)(C)C1=O. The molecule has 0 spiro atoms. The molecule has 8 heteroatoms. The molecule has 1 aliphatic rings. The van der Waals surface area contributed by atoms with Crippen molar-refractivity contribution in [2.45, 2.75) is 32.5 Å². The quantitative estimate of drug-likeness (QED) is 0.768. The average molecular weight is 356 g/mol. The molecule has 1 fully saturated rings. The summed E-state index contributed by atoms with van der Waals surface area (Å²) < 4.78 is 1.82. The van der Waals surface area contributed by atoms with Gasteiger partial charge in [-0.3, -0.25) is 14.6 Å². The first-order valence-electron chi connectivity index (χ1n) is 8.55. The first kappa shape index (κ1) is 18.1. The monoisotopic (exact) mass is 356 g/mol. The van der Waals surface area contributed by atoms with Gasteiger partial charge in [0.25, 0.3) is 5.91 Å². The summed E-state index contributed by atoms with van der Waals surface area (Å²) in [6.07, 6.45) is 6.75. The normalized spacial score (nSPS) is 19.2. The van der Waals surface area contributed by atoms with Crippen LogP contribution in [0.5, 0.6) is 0 Å². The predicted molar refractivity (Wildman–Crippen MR) is 98.9 cm³/mol. The van der Waals surface area contributed by atoms with Crippen molar-refractivity contribution >= 4 is 23.5 Å². The molecular formula is C18H24N6O2. The van der Waals surface area contributed by atoms with Crippen LogP contribution in [0.3, 0.4) is 0 Å². The third-order valence-electron chi connectivity index (χ3n) is 4.83. The molecule has 3 rings (SSSR count). The van der Waals surface area contributed by atoms with Crippen molar-refractivity contribution in [1.82, 2.24) is 19.6 Å². The van der Waals surface area contributed by atoms with Crippen LogP contribution >= 0.6 is 0 Å². The van der Waals surface area contributed by atoms with E-state index in [4.69, 9.17) is 5.73 Å². The number of amides is 2. The highest BCUT2D eigenvalue weighted by Gasteiger charge is 2.42. The highest BCUT2D eigenvalue weighted by Crippen LogP contribution is 2.31. The molecule has 1 saturated heterocycles. The van der Waals surface area contributed by atoms with Gasteiger partial charge < -0.3 is 20.4 Å². The van der Waals surface area contributed by atoms with E-state index in [9.17, 15) is 9.59 Å². The van der Waals surface area contributed by atoms with Crippen LogP contribution in [0.15, 0.2) is 35.8 Å². The maximum Gasteiger partial charge on any atom is 0.252 e. The number of pyridine rings is 1. The third kappa shape index (κ3) is 3.32. The van der Waals surface area contributed by atoms with Crippen molar-refractivity contribution in [3.05, 3.63) is 36.4 Å². The van der Waals surface area contributed by atoms with Crippen molar-refractivity contribution in [2.24, 2.45) is 16.1 Å². The summed E-state index contributed by atoms with van der Waals surface area (Å²) in [7, 11) is 1.61. The van der Waals surface area contributed by atoms with Gasteiger partial charge in [-0.2, -0.15) is 0 Å². The van der Waals surface area contributed by atoms with Gasteiger partial charge in [0.1, 0.15) is 6.17 Å². The Balaban J connectivity index is 1.77. The molecule has 0 saturated carbocycles. The Labute approximate surface area is 152 Å². The Morgan fingerprint density at radius 2 is 2.27 bits per heavy atom. The minimum absolute atomic E-state index is 0.00516. The van der Waals surface area contributed by atoms with E-state index >= 15 is 0 Å². The second kappa shape index (κ2) is 6.87. The minimum Gasteiger partial charge on any atom is -0.341 e. The maximum atomic E-state index is 12.7. The van der Waals surface area contributed by atoms with E-state index in [2.05, 4.69) is 15.3 Å². The summed E-state index contributed by atoms with van der Waals surface area (Å²) in [4.78, 5) is 34.9. The number of likely N-dealkylation sites (tertiary alicyclic amines) is 1. The fourth-order valence-electron chi connectivity index (χ4n) is 3.14. The van der Waals surface area contributed by atoms with E-state index < -0.39 is 17.6 Å². The minimum atomic E-state index is -0.671. The molecule has 138 valence electrons. The number of imidazole rings is 1. The number of nitrogens with one attached hydrogen (secondary N) is 1. The number of nitrogens with two attached hydrogens (primary N) is 1. The lowest BCUT2D eigenvalue weighted by Crippen LogP contribution is -2.58. The van der Waals surface area contributed by atoms with E-state index in [0.29, 0.717) is 12.1 Å². The number of carbonyl (C=O) groups excluding carboxylic acids is 2. The van der Waals surface area contributed by atoms with Crippen LogP contribution in [0.25, 0.3) is 5.52 Å². The van der Waals surface area contributed by atoms with Gasteiger partial charge in [-0.05, 0) is 18.6 Å². The fraction of sp³-hybridized carbons (Fsp3) is 0.444.